The molecular weight excluding hydrogens is 781 g/mol. The van der Waals surface area contributed by atoms with Crippen LogP contribution in [0.1, 0.15) is 228 Å². The predicted octanol–water partition coefficient (Wildman–Crippen LogP) is 12.1. The Hall–Kier alpha value is -0.950. The summed E-state index contributed by atoms with van der Waals surface area (Å²) in [7, 11) is -6.34. The number of unbranched alkanes of at least 4 members (excludes halogenated alkanes) is 21. The number of nitrogens with zero attached hydrogens (tertiary/aromatic N) is 3. The highest BCUT2D eigenvalue weighted by molar-refractivity contribution is 7.89. The number of hydrogen-bond acceptors (Lipinski definition) is 7. The van der Waals surface area contributed by atoms with Crippen LogP contribution < -0.4 is 5.32 Å². The van der Waals surface area contributed by atoms with Crippen molar-refractivity contribution < 1.29 is 26.4 Å². The second-order valence-electron chi connectivity index (χ2n) is 18.2. The van der Waals surface area contributed by atoms with E-state index in [4.69, 9.17) is 4.74 Å². The molecule has 12 heteroatoms. The van der Waals surface area contributed by atoms with Crippen LogP contribution in [-0.2, 0) is 24.8 Å². The molecule has 0 atom stereocenters. The van der Waals surface area contributed by atoms with Crippen LogP contribution >= 0.6 is 0 Å². The Labute approximate surface area is 367 Å². The number of sulfonamides is 2. The van der Waals surface area contributed by atoms with E-state index < -0.39 is 25.6 Å². The first kappa shape index (κ1) is 58.0. The summed E-state index contributed by atoms with van der Waals surface area (Å²) in [6.45, 7) is 20.8. The summed E-state index contributed by atoms with van der Waals surface area (Å²) in [5, 5.41) is 2.89. The highest BCUT2D eigenvalue weighted by Gasteiger charge is 2.22. The standard InChI is InChI=1S/C47H98N4O6S2/c1-8-12-16-31-42-50(40-14-10-3)58(53,54)44-34-26-22-18-20-24-29-37-49(39-33-28-36-48-46(52)57-47(5,6)7)38-30-25-21-19-23-27-35-45-59(55,56)51(41-15-11-4)43-32-17-13-9-2/h8-45H2,1-7H3,(H,48,52). The van der Waals surface area contributed by atoms with Crippen molar-refractivity contribution in [1.29, 1.82) is 0 Å². The third-order valence-corrected chi connectivity index (χ3v) is 15.1. The normalized spacial score (nSPS) is 12.6. The Balaban J connectivity index is 4.59. The molecule has 0 spiro atoms. The number of alkyl carbamates (subject to hydrolysis) is 1. The smallest absolute Gasteiger partial charge is 0.407 e. The molecule has 1 N–H and O–H groups in total. The number of hydrogen-bond donors (Lipinski definition) is 1. The molecule has 1 amide bonds. The molecule has 0 aromatic carbocycles. The SMILES string of the molecule is CCCCCCN(CCCC)S(=O)(=O)CCCCCCCCCN(CCCCCCCCCS(=O)(=O)N(CCCC)CCCCCC)CCCCNC(=O)OC(C)(C)C. The Morgan fingerprint density at radius 1 is 0.424 bits per heavy atom. The van der Waals surface area contributed by atoms with Crippen LogP contribution in [-0.4, -0.2) is 106 Å². The van der Waals surface area contributed by atoms with Crippen LogP contribution in [0.4, 0.5) is 4.79 Å². The predicted molar refractivity (Wildman–Crippen MR) is 253 cm³/mol. The van der Waals surface area contributed by atoms with Crippen molar-refractivity contribution in [1.82, 2.24) is 18.8 Å². The van der Waals surface area contributed by atoms with Gasteiger partial charge in [-0.2, -0.15) is 0 Å². The molecule has 0 heterocycles. The molecule has 0 aliphatic heterocycles. The van der Waals surface area contributed by atoms with Crippen LogP contribution in [0.25, 0.3) is 0 Å². The second-order valence-corrected chi connectivity index (χ2v) is 22.4. The van der Waals surface area contributed by atoms with Crippen molar-refractivity contribution in [3.63, 3.8) is 0 Å². The first-order chi connectivity index (χ1) is 28.2. The van der Waals surface area contributed by atoms with Gasteiger partial charge in [0.1, 0.15) is 5.60 Å². The summed E-state index contributed by atoms with van der Waals surface area (Å²) in [5.74, 6) is 0.572. The quantitative estimate of drug-likeness (QED) is 0.0606. The van der Waals surface area contributed by atoms with Gasteiger partial charge in [-0.1, -0.05) is 143 Å². The highest BCUT2D eigenvalue weighted by atomic mass is 32.2. The monoisotopic (exact) mass is 879 g/mol. The molecule has 10 nitrogen and oxygen atoms in total. The molecule has 0 bridgehead atoms. The topological polar surface area (TPSA) is 116 Å². The Morgan fingerprint density at radius 3 is 1.10 bits per heavy atom. The molecule has 0 radical (unpaired) electrons. The minimum atomic E-state index is -3.17. The van der Waals surface area contributed by atoms with Gasteiger partial charge in [0, 0.05) is 32.7 Å². The maximum absolute atomic E-state index is 13.1. The van der Waals surface area contributed by atoms with Gasteiger partial charge in [-0.25, -0.2) is 30.2 Å². The Morgan fingerprint density at radius 2 is 0.729 bits per heavy atom. The van der Waals surface area contributed by atoms with E-state index >= 15 is 0 Å². The molecule has 0 rings (SSSR count). The number of ether oxygens (including phenoxy) is 1. The lowest BCUT2D eigenvalue weighted by Gasteiger charge is -2.23. The molecule has 0 aliphatic carbocycles. The van der Waals surface area contributed by atoms with Crippen molar-refractivity contribution in [3.05, 3.63) is 0 Å². The third kappa shape index (κ3) is 35.2. The van der Waals surface area contributed by atoms with Crippen molar-refractivity contribution >= 4 is 26.1 Å². The zero-order valence-corrected chi connectivity index (χ0v) is 41.6. The van der Waals surface area contributed by atoms with E-state index in [-0.39, 0.29) is 17.6 Å². The molecule has 354 valence electrons. The summed E-state index contributed by atoms with van der Waals surface area (Å²) in [4.78, 5) is 14.6. The van der Waals surface area contributed by atoms with Gasteiger partial charge in [0.2, 0.25) is 20.0 Å². The molecular formula is C47H98N4O6S2. The van der Waals surface area contributed by atoms with Gasteiger partial charge in [0.05, 0.1) is 11.5 Å². The third-order valence-electron chi connectivity index (χ3n) is 11.2. The first-order valence-electron chi connectivity index (χ1n) is 24.9. The maximum Gasteiger partial charge on any atom is 0.407 e. The highest BCUT2D eigenvalue weighted by Crippen LogP contribution is 2.16. The van der Waals surface area contributed by atoms with Crippen LogP contribution in [0.3, 0.4) is 0 Å². The zero-order chi connectivity index (χ0) is 44.1. The Kier molecular flexibility index (Phi) is 37.0. The number of amides is 1. The van der Waals surface area contributed by atoms with E-state index in [0.29, 0.717) is 32.7 Å². The lowest BCUT2D eigenvalue weighted by Crippen LogP contribution is -2.34. The number of carbonyl (C=O) groups is 1. The van der Waals surface area contributed by atoms with E-state index in [0.717, 1.165) is 148 Å². The zero-order valence-electron chi connectivity index (χ0n) is 40.0. The minimum Gasteiger partial charge on any atom is -0.444 e. The van der Waals surface area contributed by atoms with Gasteiger partial charge < -0.3 is 15.0 Å². The first-order valence-corrected chi connectivity index (χ1v) is 28.1. The summed E-state index contributed by atoms with van der Waals surface area (Å²) < 4.78 is 61.2. The van der Waals surface area contributed by atoms with E-state index in [1.54, 1.807) is 8.61 Å². The lowest BCUT2D eigenvalue weighted by molar-refractivity contribution is 0.0526. The van der Waals surface area contributed by atoms with Crippen molar-refractivity contribution in [2.75, 3.05) is 63.9 Å². The van der Waals surface area contributed by atoms with Gasteiger partial charge in [0.25, 0.3) is 0 Å². The molecule has 0 unspecified atom stereocenters. The van der Waals surface area contributed by atoms with Gasteiger partial charge >= 0.3 is 6.09 Å². The summed E-state index contributed by atoms with van der Waals surface area (Å²) in [6.07, 6.45) is 29.5. The molecule has 0 fully saturated rings. The molecule has 0 aliphatic rings. The van der Waals surface area contributed by atoms with Crippen LogP contribution in [0, 0.1) is 0 Å². The van der Waals surface area contributed by atoms with Crippen molar-refractivity contribution in [2.45, 2.75) is 234 Å². The summed E-state index contributed by atoms with van der Waals surface area (Å²) >= 11 is 0. The van der Waals surface area contributed by atoms with E-state index in [9.17, 15) is 21.6 Å². The van der Waals surface area contributed by atoms with Crippen molar-refractivity contribution in [2.24, 2.45) is 0 Å². The minimum absolute atomic E-state index is 0.286. The summed E-state index contributed by atoms with van der Waals surface area (Å²) in [5.41, 5.74) is -0.492. The number of nitrogens with one attached hydrogen (secondary N) is 1. The maximum atomic E-state index is 13.1. The van der Waals surface area contributed by atoms with Gasteiger partial charge in [-0.05, 0) is 105 Å². The molecule has 59 heavy (non-hydrogen) atoms. The van der Waals surface area contributed by atoms with Crippen LogP contribution in [0.2, 0.25) is 0 Å². The Bertz CT molecular complexity index is 1110. The van der Waals surface area contributed by atoms with E-state index in [1.807, 2.05) is 20.8 Å². The molecule has 0 aromatic heterocycles. The molecule has 0 saturated heterocycles. The fraction of sp³-hybridized carbons (Fsp3) is 0.979. The fourth-order valence-electron chi connectivity index (χ4n) is 7.44. The van der Waals surface area contributed by atoms with Gasteiger partial charge in [-0.15, -0.1) is 0 Å². The van der Waals surface area contributed by atoms with Gasteiger partial charge in [-0.3, -0.25) is 0 Å². The van der Waals surface area contributed by atoms with Gasteiger partial charge in [0.15, 0.2) is 0 Å². The van der Waals surface area contributed by atoms with E-state index in [2.05, 4.69) is 37.9 Å². The van der Waals surface area contributed by atoms with E-state index in [1.165, 1.54) is 51.4 Å². The van der Waals surface area contributed by atoms with Crippen LogP contribution in [0.15, 0.2) is 0 Å². The lowest BCUT2D eigenvalue weighted by atomic mass is 10.1. The molecule has 0 aromatic rings. The fourth-order valence-corrected chi connectivity index (χ4v) is 10.7. The summed E-state index contributed by atoms with van der Waals surface area (Å²) in [6, 6.07) is 0. The number of rotatable bonds is 43. The molecule has 0 saturated carbocycles. The second kappa shape index (κ2) is 37.6. The average molecular weight is 879 g/mol. The largest absolute Gasteiger partial charge is 0.444 e. The average Bonchev–Trinajstić information content (AvgIpc) is 3.17. The number of carbonyl (C=O) groups excluding carboxylic acids is 1. The van der Waals surface area contributed by atoms with Crippen molar-refractivity contribution in [3.8, 4) is 0 Å². The van der Waals surface area contributed by atoms with Crippen LogP contribution in [0.5, 0.6) is 0 Å².